The Balaban J connectivity index is 2.00. The average Bonchev–Trinajstić information content (AvgIpc) is 2.82. The lowest BCUT2D eigenvalue weighted by Gasteiger charge is -2.41. The second-order valence-corrected chi connectivity index (χ2v) is 5.84. The van der Waals surface area contributed by atoms with Crippen LogP contribution in [0.3, 0.4) is 0 Å². The smallest absolute Gasteiger partial charge is 0.0954 e. The molecule has 0 aromatic carbocycles. The van der Waals surface area contributed by atoms with Gasteiger partial charge in [0.2, 0.25) is 0 Å². The number of imidazole rings is 1. The number of aromatic nitrogens is 2. The molecule has 0 radical (unpaired) electrons. The highest BCUT2D eigenvalue weighted by Crippen LogP contribution is 2.26. The first-order valence-electron chi connectivity index (χ1n) is 7.09. The Morgan fingerprint density at radius 1 is 1.53 bits per heavy atom. The van der Waals surface area contributed by atoms with Crippen LogP contribution >= 0.6 is 0 Å². The maximum Gasteiger partial charge on any atom is 0.0954 e. The van der Waals surface area contributed by atoms with E-state index in [0.717, 1.165) is 18.8 Å². The van der Waals surface area contributed by atoms with Crippen LogP contribution in [0.5, 0.6) is 0 Å². The van der Waals surface area contributed by atoms with Crippen molar-refractivity contribution in [3.8, 4) is 0 Å². The standard InChI is InChI=1S/C14H25N3O2/c1-4-14(19)5-6-16(9-13(14)18)8-12-7-15-10-17(12)11(2)3/h7,10-11,13,18-19H,4-6,8-9H2,1-3H3/t13-,14-/m1/s1. The fourth-order valence-electron chi connectivity index (χ4n) is 2.73. The third kappa shape index (κ3) is 2.99. The third-order valence-electron chi connectivity index (χ3n) is 4.21. The zero-order valence-corrected chi connectivity index (χ0v) is 12.1. The van der Waals surface area contributed by atoms with Crippen molar-refractivity contribution in [2.75, 3.05) is 13.1 Å². The van der Waals surface area contributed by atoms with Crippen molar-refractivity contribution in [2.24, 2.45) is 0 Å². The van der Waals surface area contributed by atoms with Gasteiger partial charge in [0, 0.05) is 31.9 Å². The zero-order valence-electron chi connectivity index (χ0n) is 12.1. The summed E-state index contributed by atoms with van der Waals surface area (Å²) in [6, 6.07) is 0.389. The van der Waals surface area contributed by atoms with Crippen molar-refractivity contribution >= 4 is 0 Å². The third-order valence-corrected chi connectivity index (χ3v) is 4.21. The summed E-state index contributed by atoms with van der Waals surface area (Å²) in [4.78, 5) is 6.38. The summed E-state index contributed by atoms with van der Waals surface area (Å²) in [5.74, 6) is 0. The van der Waals surface area contributed by atoms with Gasteiger partial charge in [-0.2, -0.15) is 0 Å². The maximum atomic E-state index is 10.2. The number of hydrogen-bond acceptors (Lipinski definition) is 4. The Bertz CT molecular complexity index is 419. The summed E-state index contributed by atoms with van der Waals surface area (Å²) in [6.07, 6.45) is 4.30. The number of rotatable bonds is 4. The first-order chi connectivity index (χ1) is 8.96. The molecule has 0 bridgehead atoms. The molecule has 2 heterocycles. The highest BCUT2D eigenvalue weighted by atomic mass is 16.3. The minimum Gasteiger partial charge on any atom is -0.389 e. The molecule has 0 spiro atoms. The molecule has 1 saturated heterocycles. The van der Waals surface area contributed by atoms with Crippen LogP contribution in [-0.2, 0) is 6.54 Å². The van der Waals surface area contributed by atoms with Crippen molar-refractivity contribution < 1.29 is 10.2 Å². The van der Waals surface area contributed by atoms with Crippen LogP contribution in [-0.4, -0.2) is 49.5 Å². The van der Waals surface area contributed by atoms with Gasteiger partial charge >= 0.3 is 0 Å². The maximum absolute atomic E-state index is 10.2. The molecular formula is C14H25N3O2. The molecule has 1 aliphatic heterocycles. The Morgan fingerprint density at radius 3 is 2.84 bits per heavy atom. The van der Waals surface area contributed by atoms with E-state index in [9.17, 15) is 10.2 Å². The van der Waals surface area contributed by atoms with Gasteiger partial charge in [0.05, 0.1) is 23.7 Å². The van der Waals surface area contributed by atoms with E-state index in [2.05, 4.69) is 28.3 Å². The first-order valence-corrected chi connectivity index (χ1v) is 7.09. The van der Waals surface area contributed by atoms with Crippen molar-refractivity contribution in [1.29, 1.82) is 0 Å². The molecule has 2 atom stereocenters. The van der Waals surface area contributed by atoms with Crippen LogP contribution in [0.1, 0.15) is 45.3 Å². The summed E-state index contributed by atoms with van der Waals surface area (Å²) >= 11 is 0. The number of likely N-dealkylation sites (tertiary alicyclic amines) is 1. The molecule has 5 heteroatoms. The van der Waals surface area contributed by atoms with E-state index >= 15 is 0 Å². The topological polar surface area (TPSA) is 61.5 Å². The predicted octanol–water partition coefficient (Wildman–Crippen LogP) is 1.17. The fourth-order valence-corrected chi connectivity index (χ4v) is 2.73. The number of nitrogens with zero attached hydrogens (tertiary/aromatic N) is 3. The largest absolute Gasteiger partial charge is 0.389 e. The van der Waals surface area contributed by atoms with Gasteiger partial charge in [-0.15, -0.1) is 0 Å². The number of piperidine rings is 1. The lowest BCUT2D eigenvalue weighted by molar-refractivity contribution is -0.122. The van der Waals surface area contributed by atoms with Crippen molar-refractivity contribution in [1.82, 2.24) is 14.5 Å². The number of aliphatic hydroxyl groups excluding tert-OH is 1. The minimum atomic E-state index is -0.908. The SMILES string of the molecule is CC[C@@]1(O)CCN(Cc2cncn2C(C)C)C[C@H]1O. The van der Waals surface area contributed by atoms with E-state index in [4.69, 9.17) is 0 Å². The summed E-state index contributed by atoms with van der Waals surface area (Å²) in [6.45, 7) is 8.29. The minimum absolute atomic E-state index is 0.389. The van der Waals surface area contributed by atoms with E-state index in [0.29, 0.717) is 25.4 Å². The molecule has 0 unspecified atom stereocenters. The fraction of sp³-hybridized carbons (Fsp3) is 0.786. The summed E-state index contributed by atoms with van der Waals surface area (Å²) in [5, 5.41) is 20.3. The van der Waals surface area contributed by atoms with Crippen LogP contribution < -0.4 is 0 Å². The monoisotopic (exact) mass is 267 g/mol. The van der Waals surface area contributed by atoms with E-state index in [-0.39, 0.29) is 0 Å². The molecule has 1 aliphatic rings. The quantitative estimate of drug-likeness (QED) is 0.860. The zero-order chi connectivity index (χ0) is 14.0. The highest BCUT2D eigenvalue weighted by Gasteiger charge is 2.38. The molecule has 2 N–H and O–H groups in total. The van der Waals surface area contributed by atoms with Gasteiger partial charge in [-0.1, -0.05) is 6.92 Å². The van der Waals surface area contributed by atoms with Crippen molar-refractivity contribution in [2.45, 2.75) is 57.9 Å². The molecular weight excluding hydrogens is 242 g/mol. The number of aliphatic hydroxyl groups is 2. The summed E-state index contributed by atoms with van der Waals surface area (Å²) in [7, 11) is 0. The lowest BCUT2D eigenvalue weighted by atomic mass is 9.86. The lowest BCUT2D eigenvalue weighted by Crippen LogP contribution is -2.54. The molecule has 1 aromatic heterocycles. The van der Waals surface area contributed by atoms with E-state index in [1.807, 2.05) is 19.4 Å². The average molecular weight is 267 g/mol. The molecule has 0 saturated carbocycles. The van der Waals surface area contributed by atoms with Gasteiger partial charge < -0.3 is 14.8 Å². The molecule has 5 nitrogen and oxygen atoms in total. The predicted molar refractivity (Wildman–Crippen MR) is 73.8 cm³/mol. The van der Waals surface area contributed by atoms with Crippen LogP contribution in [0.2, 0.25) is 0 Å². The molecule has 2 rings (SSSR count). The van der Waals surface area contributed by atoms with Gasteiger partial charge in [-0.3, -0.25) is 4.90 Å². The molecule has 1 aromatic rings. The highest BCUT2D eigenvalue weighted by molar-refractivity contribution is 5.02. The van der Waals surface area contributed by atoms with Crippen LogP contribution in [0.4, 0.5) is 0 Å². The van der Waals surface area contributed by atoms with E-state index in [1.165, 1.54) is 0 Å². The van der Waals surface area contributed by atoms with Gasteiger partial charge in [-0.25, -0.2) is 4.98 Å². The first kappa shape index (κ1) is 14.5. The van der Waals surface area contributed by atoms with Crippen LogP contribution in [0, 0.1) is 0 Å². The molecule has 0 aliphatic carbocycles. The second kappa shape index (κ2) is 5.61. The number of hydrogen-bond donors (Lipinski definition) is 2. The Hall–Kier alpha value is -0.910. The van der Waals surface area contributed by atoms with Gasteiger partial charge in [-0.05, 0) is 26.7 Å². The van der Waals surface area contributed by atoms with Gasteiger partial charge in [0.1, 0.15) is 0 Å². The van der Waals surface area contributed by atoms with Gasteiger partial charge in [0.25, 0.3) is 0 Å². The Labute approximate surface area is 114 Å². The van der Waals surface area contributed by atoms with Crippen molar-refractivity contribution in [3.63, 3.8) is 0 Å². The molecule has 0 amide bonds. The van der Waals surface area contributed by atoms with Gasteiger partial charge in [0.15, 0.2) is 0 Å². The Kier molecular flexibility index (Phi) is 4.28. The molecule has 1 fully saturated rings. The van der Waals surface area contributed by atoms with E-state index < -0.39 is 11.7 Å². The molecule has 108 valence electrons. The van der Waals surface area contributed by atoms with Crippen LogP contribution in [0.25, 0.3) is 0 Å². The van der Waals surface area contributed by atoms with Crippen molar-refractivity contribution in [3.05, 3.63) is 18.2 Å². The van der Waals surface area contributed by atoms with Crippen LogP contribution in [0.15, 0.2) is 12.5 Å². The normalized spacial score (nSPS) is 29.1. The number of β-amino-alcohol motifs (C(OH)–C–C–N with tert-alkyl or cyclic N) is 1. The molecule has 19 heavy (non-hydrogen) atoms. The second-order valence-electron chi connectivity index (χ2n) is 5.84. The van der Waals surface area contributed by atoms with E-state index in [1.54, 1.807) is 0 Å². The Morgan fingerprint density at radius 2 is 2.26 bits per heavy atom. The summed E-state index contributed by atoms with van der Waals surface area (Å²) in [5.41, 5.74) is 0.249. The summed E-state index contributed by atoms with van der Waals surface area (Å²) < 4.78 is 2.15.